The first-order valence-electron chi connectivity index (χ1n) is 9.24. The monoisotopic (exact) mass is 425 g/mol. The zero-order valence-electron chi connectivity index (χ0n) is 16.5. The second-order valence-corrected chi connectivity index (χ2v) is 8.49. The van der Waals surface area contributed by atoms with Crippen LogP contribution in [0.5, 0.6) is 0 Å². The van der Waals surface area contributed by atoms with Crippen LogP contribution in [0.25, 0.3) is 0 Å². The number of carbonyl (C=O) groups is 1. The van der Waals surface area contributed by atoms with Gasteiger partial charge in [-0.05, 0) is 20.8 Å². The van der Waals surface area contributed by atoms with Crippen molar-refractivity contribution >= 4 is 21.6 Å². The van der Waals surface area contributed by atoms with E-state index < -0.39 is 20.9 Å². The maximum Gasteiger partial charge on any atom is 0.320 e. The summed E-state index contributed by atoms with van der Waals surface area (Å²) in [7, 11) is -3.73. The van der Waals surface area contributed by atoms with E-state index in [-0.39, 0.29) is 42.5 Å². The van der Waals surface area contributed by atoms with Gasteiger partial charge in [-0.15, -0.1) is 0 Å². The Morgan fingerprint density at radius 3 is 2.38 bits per heavy atom. The predicted octanol–water partition coefficient (Wildman–Crippen LogP) is 0.483. The molecule has 1 aliphatic rings. The van der Waals surface area contributed by atoms with Crippen molar-refractivity contribution in [2.45, 2.75) is 38.8 Å². The number of rotatable bonds is 6. The molecule has 13 heteroatoms. The summed E-state index contributed by atoms with van der Waals surface area (Å²) in [5.74, 6) is -0.525. The summed E-state index contributed by atoms with van der Waals surface area (Å²) in [5, 5.41) is 19.3. The molecule has 0 spiro atoms. The van der Waals surface area contributed by atoms with Crippen molar-refractivity contribution in [3.63, 3.8) is 0 Å². The highest BCUT2D eigenvalue weighted by Crippen LogP contribution is 2.23. The fourth-order valence-corrected chi connectivity index (χ4v) is 4.90. The minimum atomic E-state index is -3.73. The van der Waals surface area contributed by atoms with E-state index in [1.807, 2.05) is 6.92 Å². The van der Waals surface area contributed by atoms with E-state index in [9.17, 15) is 23.3 Å². The molecule has 3 rings (SSSR count). The maximum atomic E-state index is 13.0. The molecule has 0 N–H and O–H groups in total. The summed E-state index contributed by atoms with van der Waals surface area (Å²) in [4.78, 5) is 25.0. The number of nitrogens with zero attached hydrogens (tertiary/aromatic N) is 7. The van der Waals surface area contributed by atoms with Crippen LogP contribution in [0.15, 0.2) is 17.3 Å². The lowest BCUT2D eigenvalue weighted by Crippen LogP contribution is -2.50. The molecule has 1 amide bonds. The lowest BCUT2D eigenvalue weighted by atomic mass is 10.2. The number of nitro groups is 1. The zero-order valence-corrected chi connectivity index (χ0v) is 17.3. The first-order chi connectivity index (χ1) is 13.7. The van der Waals surface area contributed by atoms with Crippen molar-refractivity contribution in [3.05, 3.63) is 33.9 Å². The minimum Gasteiger partial charge on any atom is -0.334 e. The topological polar surface area (TPSA) is 136 Å². The fourth-order valence-electron chi connectivity index (χ4n) is 3.30. The van der Waals surface area contributed by atoms with Gasteiger partial charge < -0.3 is 4.90 Å². The molecule has 1 saturated heterocycles. The first kappa shape index (κ1) is 20.9. The first-order valence-corrected chi connectivity index (χ1v) is 10.7. The molecular weight excluding hydrogens is 402 g/mol. The Kier molecular flexibility index (Phi) is 5.71. The van der Waals surface area contributed by atoms with Gasteiger partial charge in [0.2, 0.25) is 15.7 Å². The highest BCUT2D eigenvalue weighted by atomic mass is 32.2. The normalized spacial score (nSPS) is 15.6. The van der Waals surface area contributed by atoms with Crippen LogP contribution in [0, 0.1) is 17.0 Å². The molecule has 0 atom stereocenters. The molecule has 3 heterocycles. The highest BCUT2D eigenvalue weighted by Gasteiger charge is 2.35. The molecule has 2 aromatic heterocycles. The number of carbonyl (C=O) groups excluding carboxylic acids is 1. The minimum absolute atomic E-state index is 0.0890. The Morgan fingerprint density at radius 2 is 1.86 bits per heavy atom. The molecule has 0 unspecified atom stereocenters. The Hall–Kier alpha value is -2.80. The van der Waals surface area contributed by atoms with Crippen molar-refractivity contribution in [1.82, 2.24) is 28.8 Å². The number of sulfonamides is 1. The van der Waals surface area contributed by atoms with E-state index in [1.165, 1.54) is 20.1 Å². The van der Waals surface area contributed by atoms with Gasteiger partial charge in [0, 0.05) is 45.5 Å². The van der Waals surface area contributed by atoms with Crippen molar-refractivity contribution in [3.8, 4) is 0 Å². The maximum absolute atomic E-state index is 13.0. The zero-order chi connectivity index (χ0) is 21.3. The van der Waals surface area contributed by atoms with Crippen LogP contribution >= 0.6 is 0 Å². The molecule has 0 radical (unpaired) electrons. The summed E-state index contributed by atoms with van der Waals surface area (Å²) in [6.07, 6.45) is 2.57. The number of aromatic nitrogens is 4. The average Bonchev–Trinajstić information content (AvgIpc) is 3.31. The third-order valence-electron chi connectivity index (χ3n) is 4.89. The predicted molar refractivity (Wildman–Crippen MR) is 102 cm³/mol. The van der Waals surface area contributed by atoms with Crippen molar-refractivity contribution in [2.75, 3.05) is 26.2 Å². The van der Waals surface area contributed by atoms with Crippen LogP contribution in [0.3, 0.4) is 0 Å². The summed E-state index contributed by atoms with van der Waals surface area (Å²) >= 11 is 0. The summed E-state index contributed by atoms with van der Waals surface area (Å²) in [5.41, 5.74) is -0.0174. The fraction of sp³-hybridized carbons (Fsp3) is 0.562. The van der Waals surface area contributed by atoms with Gasteiger partial charge in [-0.3, -0.25) is 24.3 Å². The molecule has 1 fully saturated rings. The van der Waals surface area contributed by atoms with Crippen LogP contribution in [0.2, 0.25) is 0 Å². The Labute approximate surface area is 167 Å². The van der Waals surface area contributed by atoms with E-state index >= 15 is 0 Å². The van der Waals surface area contributed by atoms with Crippen LogP contribution in [-0.2, 0) is 23.1 Å². The lowest BCUT2D eigenvalue weighted by molar-refractivity contribution is -0.385. The second kappa shape index (κ2) is 7.91. The molecule has 0 saturated carbocycles. The summed E-state index contributed by atoms with van der Waals surface area (Å²) in [6, 6.07) is 0. The average molecular weight is 425 g/mol. The lowest BCUT2D eigenvalue weighted by Gasteiger charge is -2.33. The molecule has 1 aliphatic heterocycles. The van der Waals surface area contributed by atoms with Crippen LogP contribution < -0.4 is 0 Å². The quantitative estimate of drug-likeness (QED) is 0.485. The number of aryl methyl sites for hydroxylation is 3. The van der Waals surface area contributed by atoms with Gasteiger partial charge in [-0.25, -0.2) is 8.42 Å². The molecular formula is C16H23N7O5S. The van der Waals surface area contributed by atoms with Gasteiger partial charge in [0.05, 0.1) is 10.6 Å². The Bertz CT molecular complexity index is 1030. The van der Waals surface area contributed by atoms with Crippen molar-refractivity contribution < 1.29 is 18.1 Å². The summed E-state index contributed by atoms with van der Waals surface area (Å²) < 4.78 is 30.1. The molecule has 0 aromatic carbocycles. The van der Waals surface area contributed by atoms with Gasteiger partial charge in [0.1, 0.15) is 11.1 Å². The van der Waals surface area contributed by atoms with E-state index in [1.54, 1.807) is 18.5 Å². The molecule has 0 aliphatic carbocycles. The van der Waals surface area contributed by atoms with Gasteiger partial charge in [0.15, 0.2) is 0 Å². The van der Waals surface area contributed by atoms with Crippen LogP contribution in [-0.4, -0.2) is 74.2 Å². The molecule has 12 nitrogen and oxygen atoms in total. The number of hydrogen-bond donors (Lipinski definition) is 0. The highest BCUT2D eigenvalue weighted by molar-refractivity contribution is 7.89. The molecule has 29 heavy (non-hydrogen) atoms. The van der Waals surface area contributed by atoms with E-state index in [2.05, 4.69) is 10.2 Å². The largest absolute Gasteiger partial charge is 0.334 e. The number of amides is 1. The Balaban J connectivity index is 1.77. The number of piperazine rings is 1. The van der Waals surface area contributed by atoms with E-state index in [0.717, 1.165) is 6.20 Å². The third kappa shape index (κ3) is 3.74. The summed E-state index contributed by atoms with van der Waals surface area (Å²) in [6.45, 7) is 6.56. The standard InChI is InChI=1S/C16H23N7O5S/c1-4-20-11-14(12(3)18-20)29(27,28)21-8-6-19(7-9-21)16(24)15-13(23(25)26)10-17-22(15)5-2/h10-11H,4-9H2,1-3H3. The van der Waals surface area contributed by atoms with Crippen LogP contribution in [0.1, 0.15) is 30.0 Å². The number of hydrogen-bond acceptors (Lipinski definition) is 7. The van der Waals surface area contributed by atoms with Gasteiger partial charge >= 0.3 is 5.69 Å². The van der Waals surface area contributed by atoms with Crippen LogP contribution in [0.4, 0.5) is 5.69 Å². The molecule has 0 bridgehead atoms. The van der Waals surface area contributed by atoms with Gasteiger partial charge in [0.25, 0.3) is 5.91 Å². The van der Waals surface area contributed by atoms with Gasteiger partial charge in [-0.1, -0.05) is 0 Å². The third-order valence-corrected chi connectivity index (χ3v) is 6.89. The molecule has 158 valence electrons. The second-order valence-electron chi connectivity index (χ2n) is 6.58. The van der Waals surface area contributed by atoms with Crippen molar-refractivity contribution in [2.24, 2.45) is 0 Å². The van der Waals surface area contributed by atoms with Crippen molar-refractivity contribution in [1.29, 1.82) is 0 Å². The smallest absolute Gasteiger partial charge is 0.320 e. The van der Waals surface area contributed by atoms with E-state index in [0.29, 0.717) is 18.8 Å². The van der Waals surface area contributed by atoms with E-state index in [4.69, 9.17) is 0 Å². The Morgan fingerprint density at radius 1 is 1.21 bits per heavy atom. The SMILES string of the molecule is CCn1cc(S(=O)(=O)N2CCN(C(=O)c3c([N+](=O)[O-])cnn3CC)CC2)c(C)n1. The molecule has 2 aromatic rings. The van der Waals surface area contributed by atoms with Gasteiger partial charge in [-0.2, -0.15) is 14.5 Å².